The zero-order valence-corrected chi connectivity index (χ0v) is 8.66. The van der Waals surface area contributed by atoms with Crippen molar-refractivity contribution in [1.29, 1.82) is 0 Å². The van der Waals surface area contributed by atoms with E-state index in [4.69, 9.17) is 9.84 Å². The van der Waals surface area contributed by atoms with Crippen LogP contribution in [0.2, 0.25) is 0 Å². The first-order valence-corrected chi connectivity index (χ1v) is 4.87. The van der Waals surface area contributed by atoms with Gasteiger partial charge in [-0.2, -0.15) is 0 Å². The van der Waals surface area contributed by atoms with Crippen LogP contribution >= 0.6 is 0 Å². The summed E-state index contributed by atoms with van der Waals surface area (Å²) in [6.07, 6.45) is 0.891. The standard InChI is InChI=1S/C9H16N2O4/c1-15-5-6(4-12)10-9(14)7-2-3-8(13)11-7/h6-7,12H,2-5H2,1H3,(H,10,14)(H,11,13). The molecule has 6 nitrogen and oxygen atoms in total. The number of hydrogen-bond acceptors (Lipinski definition) is 4. The van der Waals surface area contributed by atoms with Crippen molar-refractivity contribution in [2.24, 2.45) is 0 Å². The Bertz CT molecular complexity index is 244. The van der Waals surface area contributed by atoms with E-state index in [2.05, 4.69) is 10.6 Å². The second-order valence-corrected chi connectivity index (χ2v) is 3.50. The van der Waals surface area contributed by atoms with Crippen LogP contribution in [0, 0.1) is 0 Å². The van der Waals surface area contributed by atoms with Crippen molar-refractivity contribution >= 4 is 11.8 Å². The number of carbonyl (C=O) groups excluding carboxylic acids is 2. The van der Waals surface area contributed by atoms with Crippen LogP contribution in [-0.4, -0.2) is 49.3 Å². The molecule has 0 aromatic heterocycles. The van der Waals surface area contributed by atoms with E-state index in [9.17, 15) is 9.59 Å². The Morgan fingerprint density at radius 1 is 1.80 bits per heavy atom. The first-order chi connectivity index (χ1) is 7.17. The molecule has 0 spiro atoms. The van der Waals surface area contributed by atoms with E-state index < -0.39 is 12.1 Å². The van der Waals surface area contributed by atoms with Gasteiger partial charge in [0.1, 0.15) is 6.04 Å². The maximum Gasteiger partial charge on any atom is 0.242 e. The second kappa shape index (κ2) is 5.67. The highest BCUT2D eigenvalue weighted by atomic mass is 16.5. The Labute approximate surface area is 88.0 Å². The molecule has 1 heterocycles. The lowest BCUT2D eigenvalue weighted by molar-refractivity contribution is -0.126. The molecule has 0 aliphatic carbocycles. The molecule has 6 heteroatoms. The topological polar surface area (TPSA) is 87.7 Å². The van der Waals surface area contributed by atoms with E-state index in [1.165, 1.54) is 7.11 Å². The summed E-state index contributed by atoms with van der Waals surface area (Å²) >= 11 is 0. The highest BCUT2D eigenvalue weighted by molar-refractivity contribution is 5.90. The minimum Gasteiger partial charge on any atom is -0.394 e. The normalized spacial score (nSPS) is 22.3. The summed E-state index contributed by atoms with van der Waals surface area (Å²) in [6, 6.07) is -0.886. The van der Waals surface area contributed by atoms with Crippen LogP contribution in [0.25, 0.3) is 0 Å². The summed E-state index contributed by atoms with van der Waals surface area (Å²) in [7, 11) is 1.49. The third kappa shape index (κ3) is 3.49. The Balaban J connectivity index is 2.36. The Kier molecular flexibility index (Phi) is 4.51. The van der Waals surface area contributed by atoms with Crippen molar-refractivity contribution in [3.63, 3.8) is 0 Å². The first kappa shape index (κ1) is 11.9. The summed E-state index contributed by atoms with van der Waals surface area (Å²) < 4.78 is 4.82. The van der Waals surface area contributed by atoms with Crippen molar-refractivity contribution < 1.29 is 19.4 Å². The molecular formula is C9H16N2O4. The third-order valence-corrected chi connectivity index (χ3v) is 2.25. The summed E-state index contributed by atoms with van der Waals surface area (Å²) in [4.78, 5) is 22.4. The van der Waals surface area contributed by atoms with Crippen LogP contribution in [-0.2, 0) is 14.3 Å². The van der Waals surface area contributed by atoms with Crippen molar-refractivity contribution in [3.05, 3.63) is 0 Å². The molecule has 0 saturated carbocycles. The molecule has 1 aliphatic rings. The van der Waals surface area contributed by atoms with E-state index in [-0.39, 0.29) is 25.0 Å². The summed E-state index contributed by atoms with van der Waals surface area (Å²) in [5.41, 5.74) is 0. The molecular weight excluding hydrogens is 200 g/mol. The van der Waals surface area contributed by atoms with Gasteiger partial charge < -0.3 is 20.5 Å². The van der Waals surface area contributed by atoms with Crippen molar-refractivity contribution in [2.75, 3.05) is 20.3 Å². The van der Waals surface area contributed by atoms with E-state index >= 15 is 0 Å². The average molecular weight is 216 g/mol. The minimum absolute atomic E-state index is 0.109. The number of aliphatic hydroxyl groups excluding tert-OH is 1. The third-order valence-electron chi connectivity index (χ3n) is 2.25. The zero-order valence-electron chi connectivity index (χ0n) is 8.66. The molecule has 2 amide bonds. The maximum atomic E-state index is 11.5. The molecule has 15 heavy (non-hydrogen) atoms. The molecule has 0 aromatic rings. The van der Waals surface area contributed by atoms with Gasteiger partial charge in [-0.25, -0.2) is 0 Å². The van der Waals surface area contributed by atoms with Crippen LogP contribution in [0.1, 0.15) is 12.8 Å². The van der Waals surface area contributed by atoms with E-state index in [0.29, 0.717) is 12.8 Å². The van der Waals surface area contributed by atoms with Gasteiger partial charge in [-0.05, 0) is 6.42 Å². The molecule has 0 aromatic carbocycles. The Morgan fingerprint density at radius 2 is 2.53 bits per heavy atom. The number of rotatable bonds is 5. The number of methoxy groups -OCH3 is 1. The van der Waals surface area contributed by atoms with Crippen LogP contribution in [0.4, 0.5) is 0 Å². The zero-order chi connectivity index (χ0) is 11.3. The van der Waals surface area contributed by atoms with Gasteiger partial charge >= 0.3 is 0 Å². The highest BCUT2D eigenvalue weighted by Crippen LogP contribution is 2.06. The minimum atomic E-state index is -0.469. The maximum absolute atomic E-state index is 11.5. The number of aliphatic hydroxyl groups is 1. The molecule has 1 aliphatic heterocycles. The number of hydrogen-bond donors (Lipinski definition) is 3. The van der Waals surface area contributed by atoms with E-state index in [1.54, 1.807) is 0 Å². The molecule has 1 rings (SSSR count). The van der Waals surface area contributed by atoms with Gasteiger partial charge in [0.2, 0.25) is 11.8 Å². The quantitative estimate of drug-likeness (QED) is 0.516. The molecule has 0 radical (unpaired) electrons. The van der Waals surface area contributed by atoms with Gasteiger partial charge in [0.25, 0.3) is 0 Å². The van der Waals surface area contributed by atoms with Gasteiger partial charge in [-0.1, -0.05) is 0 Å². The molecule has 3 N–H and O–H groups in total. The van der Waals surface area contributed by atoms with Gasteiger partial charge in [0, 0.05) is 13.5 Å². The molecule has 86 valence electrons. The van der Waals surface area contributed by atoms with Crippen LogP contribution in [0.5, 0.6) is 0 Å². The molecule has 1 fully saturated rings. The van der Waals surface area contributed by atoms with Gasteiger partial charge in [-0.15, -0.1) is 0 Å². The largest absolute Gasteiger partial charge is 0.394 e. The van der Waals surface area contributed by atoms with Crippen LogP contribution in [0.15, 0.2) is 0 Å². The fraction of sp³-hybridized carbons (Fsp3) is 0.778. The summed E-state index contributed by atoms with van der Waals surface area (Å²) in [6.45, 7) is 0.0726. The van der Waals surface area contributed by atoms with Crippen LogP contribution < -0.4 is 10.6 Å². The number of ether oxygens (including phenoxy) is 1. The fourth-order valence-electron chi connectivity index (χ4n) is 1.45. The fourth-order valence-corrected chi connectivity index (χ4v) is 1.45. The SMILES string of the molecule is COCC(CO)NC(=O)C1CCC(=O)N1. The Morgan fingerprint density at radius 3 is 3.00 bits per heavy atom. The van der Waals surface area contributed by atoms with Gasteiger partial charge in [-0.3, -0.25) is 9.59 Å². The predicted molar refractivity (Wildman–Crippen MR) is 52.1 cm³/mol. The summed E-state index contributed by atoms with van der Waals surface area (Å²) in [5, 5.41) is 14.1. The van der Waals surface area contributed by atoms with Crippen LogP contribution in [0.3, 0.4) is 0 Å². The Hall–Kier alpha value is -1.14. The lowest BCUT2D eigenvalue weighted by Gasteiger charge is -2.17. The first-order valence-electron chi connectivity index (χ1n) is 4.87. The van der Waals surface area contributed by atoms with E-state index in [0.717, 1.165) is 0 Å². The molecule has 2 atom stereocenters. The van der Waals surface area contributed by atoms with E-state index in [1.807, 2.05) is 0 Å². The number of amides is 2. The lowest BCUT2D eigenvalue weighted by atomic mass is 10.2. The number of carbonyl (C=O) groups is 2. The number of nitrogens with one attached hydrogen (secondary N) is 2. The predicted octanol–water partition coefficient (Wildman–Crippen LogP) is -1.61. The van der Waals surface area contributed by atoms with Crippen molar-refractivity contribution in [2.45, 2.75) is 24.9 Å². The molecule has 0 bridgehead atoms. The molecule has 1 saturated heterocycles. The smallest absolute Gasteiger partial charge is 0.242 e. The van der Waals surface area contributed by atoms with Crippen molar-refractivity contribution in [3.8, 4) is 0 Å². The monoisotopic (exact) mass is 216 g/mol. The van der Waals surface area contributed by atoms with Crippen molar-refractivity contribution in [1.82, 2.24) is 10.6 Å². The highest BCUT2D eigenvalue weighted by Gasteiger charge is 2.28. The second-order valence-electron chi connectivity index (χ2n) is 3.50. The van der Waals surface area contributed by atoms with Gasteiger partial charge in [0.15, 0.2) is 0 Å². The lowest BCUT2D eigenvalue weighted by Crippen LogP contribution is -2.48. The molecule has 2 unspecified atom stereocenters. The van der Waals surface area contributed by atoms with Gasteiger partial charge in [0.05, 0.1) is 19.3 Å². The summed E-state index contributed by atoms with van der Waals surface area (Å²) in [5.74, 6) is -0.376. The average Bonchev–Trinajstić information content (AvgIpc) is 2.64.